The van der Waals surface area contributed by atoms with E-state index in [4.69, 9.17) is 18.9 Å². The van der Waals surface area contributed by atoms with Crippen molar-refractivity contribution in [1.82, 2.24) is 5.32 Å². The molecule has 3 fully saturated rings. The number of hydrogen-bond acceptors (Lipinski definition) is 11. The second kappa shape index (κ2) is 15.5. The van der Waals surface area contributed by atoms with E-state index < -0.39 is 99.8 Å². The Kier molecular flexibility index (Phi) is 11.0. The summed E-state index contributed by atoms with van der Waals surface area (Å²) in [6.07, 6.45) is -5.32. The van der Waals surface area contributed by atoms with Crippen LogP contribution in [0.4, 0.5) is 0 Å². The van der Waals surface area contributed by atoms with Gasteiger partial charge in [0.15, 0.2) is 11.4 Å². The number of ketones is 1. The topological polar surface area (TPSA) is 175 Å². The van der Waals surface area contributed by atoms with Crippen LogP contribution in [-0.4, -0.2) is 82.0 Å². The number of aliphatic hydroxyl groups excluding tert-OH is 1. The third-order valence-corrected chi connectivity index (χ3v) is 14.0. The summed E-state index contributed by atoms with van der Waals surface area (Å²) < 4.78 is 25.0. The number of esters is 3. The first-order valence-corrected chi connectivity index (χ1v) is 20.2. The molecule has 1 amide bonds. The van der Waals surface area contributed by atoms with Crippen LogP contribution in [0.3, 0.4) is 0 Å². The van der Waals surface area contributed by atoms with Crippen LogP contribution in [0.25, 0.3) is 0 Å². The third-order valence-electron chi connectivity index (χ3n) is 14.0. The molecule has 11 atom stereocenters. The van der Waals surface area contributed by atoms with Crippen LogP contribution in [0.5, 0.6) is 0 Å². The summed E-state index contributed by atoms with van der Waals surface area (Å²) >= 11 is 0. The molecule has 4 aliphatic rings. The molecular weight excluding hydrogens is 755 g/mol. The Morgan fingerprint density at radius 2 is 1.46 bits per heavy atom. The molecule has 0 aromatic heterocycles. The molecule has 0 unspecified atom stereocenters. The molecule has 0 radical (unpaired) electrons. The van der Waals surface area contributed by atoms with E-state index in [1.807, 2.05) is 13.0 Å². The molecule has 7 rings (SSSR count). The highest BCUT2D eigenvalue weighted by Gasteiger charge is 2.77. The highest BCUT2D eigenvalue weighted by atomic mass is 16.6. The van der Waals surface area contributed by atoms with E-state index in [0.29, 0.717) is 23.1 Å². The maximum absolute atomic E-state index is 15.2. The van der Waals surface area contributed by atoms with Gasteiger partial charge in [-0.3, -0.25) is 19.2 Å². The monoisotopic (exact) mass is 807 g/mol. The molecule has 1 saturated heterocycles. The number of amides is 1. The first-order chi connectivity index (χ1) is 27.9. The van der Waals surface area contributed by atoms with Gasteiger partial charge in [-0.25, -0.2) is 4.79 Å². The predicted molar refractivity (Wildman–Crippen MR) is 214 cm³/mol. The summed E-state index contributed by atoms with van der Waals surface area (Å²) in [7, 11) is 0. The number of ether oxygens (including phenoxy) is 4. The van der Waals surface area contributed by atoms with E-state index in [-0.39, 0.29) is 24.2 Å². The molecule has 3 aromatic carbocycles. The number of aliphatic hydroxyl groups is 2. The molecule has 1 aliphatic heterocycles. The summed E-state index contributed by atoms with van der Waals surface area (Å²) in [6.45, 7) is 11.2. The largest absolute Gasteiger partial charge is 0.457 e. The zero-order valence-corrected chi connectivity index (χ0v) is 34.5. The first-order valence-electron chi connectivity index (χ1n) is 20.2. The summed E-state index contributed by atoms with van der Waals surface area (Å²) in [6, 6.07) is 25.0. The molecule has 1 heterocycles. The van der Waals surface area contributed by atoms with Crippen molar-refractivity contribution in [3.63, 3.8) is 0 Å². The Morgan fingerprint density at radius 1 is 0.881 bits per heavy atom. The van der Waals surface area contributed by atoms with Crippen molar-refractivity contribution in [2.24, 2.45) is 28.6 Å². The highest BCUT2D eigenvalue weighted by Crippen LogP contribution is 2.65. The standard InChI is InChI=1S/C47H53NO11/c1-26-23-34-46(25-56-34,59-29(4)49)38-40(58-43(54)32-21-15-10-16-22-32)47(55)24-33(27(2)35(44(47,5)6)37(50)39(51)45(26,38)7)57-42(53)28(3)36(30-17-11-8-12-18-30)48-41(52)31-19-13-9-14-20-31/h8-22,26,28,33-34,36-38,40,50,55H,23-25H2,1-7H3,(H,48,52)/t26-,28+,33-,34+,36+,37+,38-,40-,45+,46-,47+/m0/s1. The zero-order chi connectivity index (χ0) is 42.7. The number of carbonyl (C=O) groups is 5. The maximum atomic E-state index is 15.2. The Balaban J connectivity index is 1.34. The van der Waals surface area contributed by atoms with E-state index in [1.165, 1.54) is 6.92 Å². The van der Waals surface area contributed by atoms with Gasteiger partial charge in [-0.2, -0.15) is 0 Å². The number of benzene rings is 3. The van der Waals surface area contributed by atoms with E-state index in [9.17, 15) is 29.4 Å². The van der Waals surface area contributed by atoms with E-state index in [2.05, 4.69) is 5.32 Å². The van der Waals surface area contributed by atoms with Crippen molar-refractivity contribution in [3.8, 4) is 0 Å². The van der Waals surface area contributed by atoms with Gasteiger partial charge in [-0.15, -0.1) is 0 Å². The lowest BCUT2D eigenvalue weighted by Crippen LogP contribution is -2.80. The van der Waals surface area contributed by atoms with E-state index >= 15 is 4.79 Å². The Hall–Kier alpha value is -5.17. The van der Waals surface area contributed by atoms with Crippen molar-refractivity contribution in [2.75, 3.05) is 6.61 Å². The van der Waals surface area contributed by atoms with Gasteiger partial charge in [0.2, 0.25) is 0 Å². The molecule has 312 valence electrons. The highest BCUT2D eigenvalue weighted by molar-refractivity contribution is 5.95. The fraction of sp³-hybridized carbons (Fsp3) is 0.468. The van der Waals surface area contributed by atoms with Gasteiger partial charge in [0.1, 0.15) is 30.0 Å². The SMILES string of the molecule is CC(=O)O[C@@]12CO[C@@H]1C[C@H](C)[C@@]1(C)C(=O)[C@H](O)C3=C(C)[C@@H](OC(=O)[C@H](C)[C@@H](NC(=O)c4ccccc4)c4ccccc4)C[C@@](O)([C@@H](OC(=O)c4ccccc4)[C@H]21)C3(C)C. The number of fused-ring (bicyclic) bond motifs is 5. The number of Topliss-reactive ketones (excluding diaryl/α,β-unsaturated/α-hetero) is 1. The fourth-order valence-electron chi connectivity index (χ4n) is 10.4. The van der Waals surface area contributed by atoms with Gasteiger partial charge < -0.3 is 34.5 Å². The second-order valence-corrected chi connectivity index (χ2v) is 17.5. The summed E-state index contributed by atoms with van der Waals surface area (Å²) in [5, 5.41) is 29.0. The average Bonchev–Trinajstić information content (AvgIpc) is 3.21. The molecular formula is C47H53NO11. The summed E-state index contributed by atoms with van der Waals surface area (Å²) in [4.78, 5) is 70.3. The lowest BCUT2D eigenvalue weighted by Gasteiger charge is -2.68. The maximum Gasteiger partial charge on any atom is 0.338 e. The number of rotatable bonds is 9. The van der Waals surface area contributed by atoms with Gasteiger partial charge in [-0.1, -0.05) is 94.4 Å². The molecule has 3 aliphatic carbocycles. The minimum absolute atomic E-state index is 0.139. The van der Waals surface area contributed by atoms with Crippen molar-refractivity contribution in [1.29, 1.82) is 0 Å². The minimum atomic E-state index is -2.15. The van der Waals surface area contributed by atoms with Crippen molar-refractivity contribution >= 4 is 29.6 Å². The van der Waals surface area contributed by atoms with Crippen molar-refractivity contribution in [3.05, 3.63) is 119 Å². The number of nitrogens with one attached hydrogen (secondary N) is 1. The zero-order valence-electron chi connectivity index (χ0n) is 34.5. The molecule has 0 spiro atoms. The average molecular weight is 808 g/mol. The van der Waals surface area contributed by atoms with Crippen LogP contribution >= 0.6 is 0 Å². The third kappa shape index (κ3) is 6.79. The quantitative estimate of drug-likeness (QED) is 0.137. The molecule has 3 N–H and O–H groups in total. The predicted octanol–water partition coefficient (Wildman–Crippen LogP) is 5.72. The molecule has 2 saturated carbocycles. The smallest absolute Gasteiger partial charge is 0.338 e. The number of carbonyl (C=O) groups excluding carboxylic acids is 5. The van der Waals surface area contributed by atoms with Crippen LogP contribution in [0.2, 0.25) is 0 Å². The fourth-order valence-corrected chi connectivity index (χ4v) is 10.4. The van der Waals surface area contributed by atoms with Crippen LogP contribution in [0.1, 0.15) is 93.6 Å². The first kappa shape index (κ1) is 42.0. The molecule has 2 bridgehead atoms. The van der Waals surface area contributed by atoms with Crippen LogP contribution < -0.4 is 5.32 Å². The summed E-state index contributed by atoms with van der Waals surface area (Å²) in [5.74, 6) is -5.87. The van der Waals surface area contributed by atoms with E-state index in [0.717, 1.165) is 0 Å². The van der Waals surface area contributed by atoms with Gasteiger partial charge in [0.25, 0.3) is 5.91 Å². The van der Waals surface area contributed by atoms with Crippen molar-refractivity contribution < 1.29 is 53.1 Å². The minimum Gasteiger partial charge on any atom is -0.457 e. The molecule has 12 nitrogen and oxygen atoms in total. The lowest BCUT2D eigenvalue weighted by molar-refractivity contribution is -0.340. The van der Waals surface area contributed by atoms with Gasteiger partial charge in [-0.05, 0) is 67.2 Å². The normalized spacial score (nSPS) is 33.0. The summed E-state index contributed by atoms with van der Waals surface area (Å²) in [5.41, 5.74) is -4.96. The van der Waals surface area contributed by atoms with Gasteiger partial charge in [0, 0.05) is 29.7 Å². The Labute approximate surface area is 344 Å². The van der Waals surface area contributed by atoms with Crippen LogP contribution in [0, 0.1) is 28.6 Å². The lowest BCUT2D eigenvalue weighted by atomic mass is 9.43. The van der Waals surface area contributed by atoms with E-state index in [1.54, 1.807) is 120 Å². The second-order valence-electron chi connectivity index (χ2n) is 17.5. The van der Waals surface area contributed by atoms with Crippen LogP contribution in [0.15, 0.2) is 102 Å². The van der Waals surface area contributed by atoms with Crippen LogP contribution in [-0.2, 0) is 33.3 Å². The Morgan fingerprint density at radius 3 is 2.02 bits per heavy atom. The number of hydrogen-bond donors (Lipinski definition) is 3. The molecule has 12 heteroatoms. The Bertz CT molecular complexity index is 2160. The molecule has 59 heavy (non-hydrogen) atoms. The van der Waals surface area contributed by atoms with Gasteiger partial charge >= 0.3 is 17.9 Å². The molecule has 3 aromatic rings. The van der Waals surface area contributed by atoms with Gasteiger partial charge in [0.05, 0.1) is 30.0 Å². The van der Waals surface area contributed by atoms with Crippen molar-refractivity contribution in [2.45, 2.75) is 103 Å².